The highest BCUT2D eigenvalue weighted by molar-refractivity contribution is 6.18. The molecule has 0 fully saturated rings. The number of hydrogen-bond donors (Lipinski definition) is 0. The minimum atomic E-state index is 0.227. The number of rotatable bonds is 6. The van der Waals surface area contributed by atoms with E-state index in [-0.39, 0.29) is 13.6 Å². The molecular formula is C54H36N2O6. The zero-order valence-electron chi connectivity index (χ0n) is 33.8. The molecule has 13 rings (SSSR count). The van der Waals surface area contributed by atoms with Gasteiger partial charge in [-0.05, 0) is 138 Å². The van der Waals surface area contributed by atoms with E-state index >= 15 is 0 Å². The van der Waals surface area contributed by atoms with Crippen molar-refractivity contribution in [1.29, 1.82) is 0 Å². The monoisotopic (exact) mass is 808 g/mol. The minimum Gasteiger partial charge on any atom is -0.456 e. The molecule has 2 aromatic heterocycles. The van der Waals surface area contributed by atoms with Crippen LogP contribution in [0, 0.1) is 13.8 Å². The maximum Gasteiger partial charge on any atom is 0.231 e. The van der Waals surface area contributed by atoms with Crippen molar-refractivity contribution in [2.24, 2.45) is 0 Å². The van der Waals surface area contributed by atoms with Crippen LogP contribution in [0.4, 0.5) is 34.1 Å². The average Bonchev–Trinajstić information content (AvgIpc) is 4.10. The zero-order valence-corrected chi connectivity index (χ0v) is 33.8. The summed E-state index contributed by atoms with van der Waals surface area (Å²) in [6, 6.07) is 55.3. The summed E-state index contributed by atoms with van der Waals surface area (Å²) in [6.07, 6.45) is 0. The fraction of sp³-hybridized carbons (Fsp3) is 0.0741. The Morgan fingerprint density at radius 2 is 0.742 bits per heavy atom. The molecule has 8 nitrogen and oxygen atoms in total. The van der Waals surface area contributed by atoms with E-state index < -0.39 is 0 Å². The molecule has 0 saturated carbocycles. The van der Waals surface area contributed by atoms with E-state index in [2.05, 4.69) is 151 Å². The van der Waals surface area contributed by atoms with Crippen LogP contribution in [0.15, 0.2) is 167 Å². The Morgan fingerprint density at radius 1 is 0.339 bits per heavy atom. The number of fused-ring (bicyclic) bond motifs is 10. The number of benzene rings is 9. The molecule has 0 saturated heterocycles. The van der Waals surface area contributed by atoms with Gasteiger partial charge in [0.15, 0.2) is 23.0 Å². The van der Waals surface area contributed by atoms with Crippen molar-refractivity contribution in [3.8, 4) is 23.0 Å². The number of aryl methyl sites for hydroxylation is 2. The van der Waals surface area contributed by atoms with E-state index in [0.29, 0.717) is 0 Å². The molecule has 0 amide bonds. The van der Waals surface area contributed by atoms with E-state index in [0.717, 1.165) is 134 Å². The van der Waals surface area contributed by atoms with Crippen LogP contribution in [0.1, 0.15) is 11.1 Å². The quantitative estimate of drug-likeness (QED) is 0.164. The van der Waals surface area contributed by atoms with Gasteiger partial charge in [0.2, 0.25) is 13.6 Å². The lowest BCUT2D eigenvalue weighted by molar-refractivity contribution is 0.173. The lowest BCUT2D eigenvalue weighted by Crippen LogP contribution is -2.11. The summed E-state index contributed by atoms with van der Waals surface area (Å²) in [4.78, 5) is 4.53. The largest absolute Gasteiger partial charge is 0.456 e. The summed E-state index contributed by atoms with van der Waals surface area (Å²) < 4.78 is 36.1. The fourth-order valence-corrected chi connectivity index (χ4v) is 9.32. The number of anilines is 6. The van der Waals surface area contributed by atoms with Crippen LogP contribution in [0.3, 0.4) is 0 Å². The van der Waals surface area contributed by atoms with E-state index in [1.165, 1.54) is 0 Å². The molecule has 0 radical (unpaired) electrons. The Kier molecular flexibility index (Phi) is 7.39. The molecule has 4 heterocycles. The van der Waals surface area contributed by atoms with Crippen molar-refractivity contribution in [2.75, 3.05) is 23.4 Å². The second kappa shape index (κ2) is 13.2. The van der Waals surface area contributed by atoms with Gasteiger partial charge >= 0.3 is 0 Å². The van der Waals surface area contributed by atoms with Crippen LogP contribution in [0.2, 0.25) is 0 Å². The first-order chi connectivity index (χ1) is 30.5. The van der Waals surface area contributed by atoms with Gasteiger partial charge in [0.25, 0.3) is 0 Å². The van der Waals surface area contributed by atoms with Gasteiger partial charge < -0.3 is 37.6 Å². The predicted octanol–water partition coefficient (Wildman–Crippen LogP) is 14.8. The Morgan fingerprint density at radius 3 is 1.23 bits per heavy atom. The average molecular weight is 809 g/mol. The first-order valence-corrected chi connectivity index (χ1v) is 20.7. The number of hydrogen-bond acceptors (Lipinski definition) is 8. The molecule has 0 spiro atoms. The topological polar surface area (TPSA) is 69.7 Å². The molecule has 2 aliphatic heterocycles. The van der Waals surface area contributed by atoms with E-state index in [9.17, 15) is 0 Å². The second-order valence-corrected chi connectivity index (χ2v) is 16.1. The molecule has 8 heteroatoms. The third-order valence-electron chi connectivity index (χ3n) is 12.4. The van der Waals surface area contributed by atoms with Gasteiger partial charge in [-0.15, -0.1) is 0 Å². The summed E-state index contributed by atoms with van der Waals surface area (Å²) in [5, 5.41) is 8.63. The molecule has 298 valence electrons. The fourth-order valence-electron chi connectivity index (χ4n) is 9.32. The highest BCUT2D eigenvalue weighted by Gasteiger charge is 2.23. The van der Waals surface area contributed by atoms with Crippen molar-refractivity contribution in [2.45, 2.75) is 13.8 Å². The van der Waals surface area contributed by atoms with E-state index in [4.69, 9.17) is 27.8 Å². The molecule has 62 heavy (non-hydrogen) atoms. The number of para-hydroxylation sites is 2. The maximum atomic E-state index is 6.62. The molecule has 0 unspecified atom stereocenters. The number of nitrogens with zero attached hydrogens (tertiary/aromatic N) is 2. The zero-order chi connectivity index (χ0) is 41.1. The van der Waals surface area contributed by atoms with Gasteiger partial charge in [0, 0.05) is 62.5 Å². The van der Waals surface area contributed by atoms with Gasteiger partial charge in [-0.3, -0.25) is 0 Å². The third-order valence-corrected chi connectivity index (χ3v) is 12.4. The Bertz CT molecular complexity index is 3420. The smallest absolute Gasteiger partial charge is 0.231 e. The van der Waals surface area contributed by atoms with Gasteiger partial charge in [-0.1, -0.05) is 48.5 Å². The Hall–Kier alpha value is -8.10. The van der Waals surface area contributed by atoms with Gasteiger partial charge in [0.1, 0.15) is 22.3 Å². The molecule has 11 aromatic rings. The Balaban J connectivity index is 0.903. The summed E-state index contributed by atoms with van der Waals surface area (Å²) in [7, 11) is 0. The van der Waals surface area contributed by atoms with Gasteiger partial charge in [-0.25, -0.2) is 0 Å². The predicted molar refractivity (Wildman–Crippen MR) is 247 cm³/mol. The molecule has 9 aromatic carbocycles. The van der Waals surface area contributed by atoms with Crippen molar-refractivity contribution in [1.82, 2.24) is 0 Å². The van der Waals surface area contributed by atoms with Crippen LogP contribution in [0.25, 0.3) is 65.4 Å². The van der Waals surface area contributed by atoms with Crippen molar-refractivity contribution in [3.63, 3.8) is 0 Å². The van der Waals surface area contributed by atoms with Crippen LogP contribution < -0.4 is 28.7 Å². The van der Waals surface area contributed by atoms with Crippen molar-refractivity contribution < 1.29 is 27.8 Å². The molecule has 0 aliphatic carbocycles. The second-order valence-electron chi connectivity index (χ2n) is 16.1. The number of furan rings is 2. The molecule has 0 bridgehead atoms. The molecule has 2 aliphatic rings. The first-order valence-electron chi connectivity index (χ1n) is 20.7. The molecular weight excluding hydrogens is 773 g/mol. The highest BCUT2D eigenvalue weighted by atomic mass is 16.7. The Labute approximate surface area is 355 Å². The summed E-state index contributed by atoms with van der Waals surface area (Å²) in [5.74, 6) is 3.00. The lowest BCUT2D eigenvalue weighted by atomic mass is 10.0. The van der Waals surface area contributed by atoms with Gasteiger partial charge in [-0.2, -0.15) is 0 Å². The number of ether oxygens (including phenoxy) is 4. The van der Waals surface area contributed by atoms with E-state index in [1.807, 2.05) is 30.3 Å². The lowest BCUT2D eigenvalue weighted by Gasteiger charge is -2.27. The maximum absolute atomic E-state index is 6.62. The summed E-state index contributed by atoms with van der Waals surface area (Å²) >= 11 is 0. The molecule has 0 N–H and O–H groups in total. The van der Waals surface area contributed by atoms with Crippen LogP contribution in [-0.4, -0.2) is 13.6 Å². The van der Waals surface area contributed by atoms with Crippen LogP contribution >= 0.6 is 0 Å². The first kappa shape index (κ1) is 34.7. The van der Waals surface area contributed by atoms with Gasteiger partial charge in [0.05, 0.1) is 11.4 Å². The van der Waals surface area contributed by atoms with Crippen molar-refractivity contribution in [3.05, 3.63) is 169 Å². The SMILES string of the molecule is Cc1ccccc1N(c1ccc2c(c1)OCO2)c1ccc2cc3c(cc2c1)oc1cc2oc4cc5cc(N(c6ccc7c(c6)OCO7)c6ccccc6C)ccc5cc4c2cc13. The third kappa shape index (κ3) is 5.39. The van der Waals surface area contributed by atoms with Crippen LogP contribution in [-0.2, 0) is 0 Å². The van der Waals surface area contributed by atoms with Crippen LogP contribution in [0.5, 0.6) is 23.0 Å². The standard InChI is InChI=1S/C54H36N2O6/c1-31-7-3-5-9-45(31)55(39-15-17-47-53(25-39)59-29-57-47)37-13-11-33-21-41-43-27-44-42-22-34-12-14-38(20-36(34)24-50(42)62-52(44)28-51(43)61-49(41)23-35(33)19-37)56(46-10-6-4-8-32(46)2)40-16-18-48-54(26-40)60-30-58-48/h3-28H,29-30H2,1-2H3. The molecule has 0 atom stereocenters. The summed E-state index contributed by atoms with van der Waals surface area (Å²) in [5.41, 5.74) is 11.7. The normalized spacial score (nSPS) is 13.1. The minimum absolute atomic E-state index is 0.227. The van der Waals surface area contributed by atoms with Crippen molar-refractivity contribution >= 4 is 99.5 Å². The highest BCUT2D eigenvalue weighted by Crippen LogP contribution is 2.46. The summed E-state index contributed by atoms with van der Waals surface area (Å²) in [6.45, 7) is 4.73. The van der Waals surface area contributed by atoms with E-state index in [1.54, 1.807) is 0 Å².